The predicted molar refractivity (Wildman–Crippen MR) is 226 cm³/mol. The van der Waals surface area contributed by atoms with Crippen molar-refractivity contribution in [1.29, 1.82) is 0 Å². The van der Waals surface area contributed by atoms with Gasteiger partial charge < -0.3 is 14.7 Å². The van der Waals surface area contributed by atoms with Gasteiger partial charge in [-0.25, -0.2) is 0 Å². The van der Waals surface area contributed by atoms with Gasteiger partial charge in [-0.1, -0.05) is 92.2 Å². The Morgan fingerprint density at radius 2 is 1.30 bits per heavy atom. The van der Waals surface area contributed by atoms with E-state index in [0.29, 0.717) is 0 Å². The van der Waals surface area contributed by atoms with Crippen molar-refractivity contribution in [2.24, 2.45) is 0 Å². The minimum atomic E-state index is -0.236. The van der Waals surface area contributed by atoms with Crippen molar-refractivity contribution in [1.82, 2.24) is 4.98 Å². The fraction of sp³-hybridized carbons (Fsp3) is 0.146. The van der Waals surface area contributed by atoms with E-state index in [4.69, 9.17) is 4.98 Å². The SMILES string of the molecule is Cc1cc(C)c(N2CN(c3cccc(N4c5ccccc5C(C)(C)c5c4cc(-c4ccccn4)c4c5sc5ccccc54)c3)c3ccccc32)c(C)c1. The van der Waals surface area contributed by atoms with Crippen molar-refractivity contribution in [3.05, 3.63) is 167 Å². The Kier molecular flexibility index (Phi) is 7.08. The Bertz CT molecular complexity index is 2720. The number of thiophene rings is 1. The molecule has 0 amide bonds. The van der Waals surface area contributed by atoms with Crippen molar-refractivity contribution < 1.29 is 0 Å². The van der Waals surface area contributed by atoms with Crippen LogP contribution >= 0.6 is 11.3 Å². The minimum absolute atomic E-state index is 0.236. The third-order valence-electron chi connectivity index (χ3n) is 11.3. The van der Waals surface area contributed by atoms with Gasteiger partial charge in [-0.05, 0) is 98.1 Å². The van der Waals surface area contributed by atoms with Crippen LogP contribution in [-0.2, 0) is 5.41 Å². The summed E-state index contributed by atoms with van der Waals surface area (Å²) in [6, 6.07) is 49.0. The van der Waals surface area contributed by atoms with Crippen molar-refractivity contribution in [3.8, 4) is 11.3 Å². The van der Waals surface area contributed by atoms with Gasteiger partial charge in [0.15, 0.2) is 0 Å². The molecular formula is C48H40N4S. The number of pyridine rings is 1. The molecule has 0 unspecified atom stereocenters. The molecule has 4 nitrogen and oxygen atoms in total. The number of aromatic nitrogens is 1. The number of benzene rings is 6. The Balaban J connectivity index is 1.19. The third kappa shape index (κ3) is 4.77. The summed E-state index contributed by atoms with van der Waals surface area (Å²) in [5.74, 6) is 0. The highest BCUT2D eigenvalue weighted by Crippen LogP contribution is 2.58. The number of hydrogen-bond donors (Lipinski definition) is 0. The average Bonchev–Trinajstić information content (AvgIpc) is 3.74. The highest BCUT2D eigenvalue weighted by atomic mass is 32.1. The quantitative estimate of drug-likeness (QED) is 0.182. The second-order valence-corrected chi connectivity index (χ2v) is 16.1. The van der Waals surface area contributed by atoms with Gasteiger partial charge in [-0.2, -0.15) is 0 Å². The highest BCUT2D eigenvalue weighted by Gasteiger charge is 2.40. The smallest absolute Gasteiger partial charge is 0.100 e. The molecule has 6 aromatic carbocycles. The number of fused-ring (bicyclic) bond motifs is 7. The molecule has 2 aliphatic heterocycles. The molecular weight excluding hydrogens is 665 g/mol. The van der Waals surface area contributed by atoms with Gasteiger partial charge in [0.2, 0.25) is 0 Å². The first kappa shape index (κ1) is 31.8. The molecule has 0 fully saturated rings. The molecule has 0 saturated heterocycles. The lowest BCUT2D eigenvalue weighted by molar-refractivity contribution is 0.639. The lowest BCUT2D eigenvalue weighted by Gasteiger charge is -2.42. The molecule has 0 atom stereocenters. The fourth-order valence-electron chi connectivity index (χ4n) is 9.15. The number of rotatable bonds is 4. The van der Waals surface area contributed by atoms with E-state index in [9.17, 15) is 0 Å². The lowest BCUT2D eigenvalue weighted by Crippen LogP contribution is -2.31. The van der Waals surface area contributed by atoms with E-state index in [1.165, 1.54) is 82.0 Å². The first-order chi connectivity index (χ1) is 25.8. The summed E-state index contributed by atoms with van der Waals surface area (Å²) in [7, 11) is 0. The van der Waals surface area contributed by atoms with Gasteiger partial charge >= 0.3 is 0 Å². The fourth-order valence-corrected chi connectivity index (χ4v) is 10.6. The van der Waals surface area contributed by atoms with Crippen LogP contribution in [-0.4, -0.2) is 11.7 Å². The largest absolute Gasteiger partial charge is 0.321 e. The van der Waals surface area contributed by atoms with Crippen LogP contribution in [0.1, 0.15) is 41.7 Å². The van der Waals surface area contributed by atoms with Gasteiger partial charge in [0.1, 0.15) is 6.67 Å². The van der Waals surface area contributed by atoms with E-state index in [1.807, 2.05) is 23.6 Å². The zero-order chi connectivity index (χ0) is 36.0. The normalized spacial score (nSPS) is 14.5. The summed E-state index contributed by atoms with van der Waals surface area (Å²) in [6.45, 7) is 12.2. The molecule has 10 rings (SSSR count). The number of aryl methyl sites for hydroxylation is 3. The zero-order valence-corrected chi connectivity index (χ0v) is 31.5. The lowest BCUT2D eigenvalue weighted by atomic mass is 9.72. The molecule has 2 aliphatic rings. The van der Waals surface area contributed by atoms with E-state index < -0.39 is 0 Å². The molecule has 4 heterocycles. The molecule has 0 radical (unpaired) electrons. The van der Waals surface area contributed by atoms with Gasteiger partial charge in [0.05, 0.1) is 28.4 Å². The van der Waals surface area contributed by atoms with Crippen LogP contribution in [0, 0.1) is 20.8 Å². The summed E-state index contributed by atoms with van der Waals surface area (Å²) in [5, 5.41) is 2.58. The first-order valence-corrected chi connectivity index (χ1v) is 19.2. The monoisotopic (exact) mass is 704 g/mol. The zero-order valence-electron chi connectivity index (χ0n) is 30.7. The first-order valence-electron chi connectivity index (χ1n) is 18.4. The molecule has 258 valence electrons. The van der Waals surface area contributed by atoms with E-state index in [1.54, 1.807) is 0 Å². The summed E-state index contributed by atoms with van der Waals surface area (Å²) >= 11 is 1.91. The predicted octanol–water partition coefficient (Wildman–Crippen LogP) is 13.4. The van der Waals surface area contributed by atoms with Crippen LogP contribution in [0.15, 0.2) is 140 Å². The third-order valence-corrected chi connectivity index (χ3v) is 12.5. The van der Waals surface area contributed by atoms with Crippen molar-refractivity contribution in [2.75, 3.05) is 21.4 Å². The molecule has 2 aromatic heterocycles. The Labute approximate surface area is 315 Å². The van der Waals surface area contributed by atoms with Crippen LogP contribution < -0.4 is 14.7 Å². The highest BCUT2D eigenvalue weighted by molar-refractivity contribution is 7.26. The summed E-state index contributed by atoms with van der Waals surface area (Å²) in [4.78, 5) is 12.4. The number of hydrogen-bond acceptors (Lipinski definition) is 5. The van der Waals surface area contributed by atoms with Crippen LogP contribution in [0.5, 0.6) is 0 Å². The molecule has 53 heavy (non-hydrogen) atoms. The van der Waals surface area contributed by atoms with Crippen LogP contribution in [0.25, 0.3) is 31.4 Å². The van der Waals surface area contributed by atoms with Crippen molar-refractivity contribution in [3.63, 3.8) is 0 Å². The van der Waals surface area contributed by atoms with Gasteiger partial charge in [-0.3, -0.25) is 4.98 Å². The van der Waals surface area contributed by atoms with Crippen LogP contribution in [0.2, 0.25) is 0 Å². The van der Waals surface area contributed by atoms with E-state index in [2.05, 4.69) is 177 Å². The molecule has 0 N–H and O–H groups in total. The summed E-state index contributed by atoms with van der Waals surface area (Å²) in [5.41, 5.74) is 17.0. The van der Waals surface area contributed by atoms with Gasteiger partial charge in [0.25, 0.3) is 0 Å². The van der Waals surface area contributed by atoms with Gasteiger partial charge in [0, 0.05) is 60.0 Å². The summed E-state index contributed by atoms with van der Waals surface area (Å²) < 4.78 is 2.63. The summed E-state index contributed by atoms with van der Waals surface area (Å²) in [6.07, 6.45) is 1.91. The van der Waals surface area contributed by atoms with E-state index in [0.717, 1.165) is 23.7 Å². The van der Waals surface area contributed by atoms with E-state index >= 15 is 0 Å². The van der Waals surface area contributed by atoms with Crippen LogP contribution in [0.4, 0.5) is 39.8 Å². The second kappa shape index (κ2) is 11.8. The molecule has 0 saturated carbocycles. The Morgan fingerprint density at radius 1 is 0.623 bits per heavy atom. The Morgan fingerprint density at radius 3 is 2.08 bits per heavy atom. The standard InChI is InChI=1S/C48H40N4S/c1-30-25-31(2)46(32(3)26-30)51-29-50(40-21-9-10-22-41(40)51)33-15-14-16-34(27-33)52-39-20-8-7-18-37(39)48(4,5)45-42(52)28-36(38-19-12-13-24-49-38)44-35-17-6-11-23-43(35)53-47(44)45/h6-28H,29H2,1-5H3. The average molecular weight is 705 g/mol. The molecule has 0 aliphatic carbocycles. The maximum absolute atomic E-state index is 4.92. The molecule has 8 aromatic rings. The van der Waals surface area contributed by atoms with Crippen LogP contribution in [0.3, 0.4) is 0 Å². The maximum Gasteiger partial charge on any atom is 0.100 e. The minimum Gasteiger partial charge on any atom is -0.321 e. The molecule has 5 heteroatoms. The number of nitrogens with zero attached hydrogens (tertiary/aromatic N) is 4. The number of anilines is 7. The van der Waals surface area contributed by atoms with Gasteiger partial charge in [-0.15, -0.1) is 11.3 Å². The molecule has 0 spiro atoms. The van der Waals surface area contributed by atoms with Crippen molar-refractivity contribution >= 4 is 71.3 Å². The second-order valence-electron chi connectivity index (χ2n) is 15.1. The number of para-hydroxylation sites is 3. The maximum atomic E-state index is 4.92. The van der Waals surface area contributed by atoms with E-state index in [-0.39, 0.29) is 5.41 Å². The molecule has 0 bridgehead atoms. The Hall–Kier alpha value is -5.91. The topological polar surface area (TPSA) is 22.6 Å². The van der Waals surface area contributed by atoms with Crippen molar-refractivity contribution in [2.45, 2.75) is 40.0 Å².